The lowest BCUT2D eigenvalue weighted by molar-refractivity contribution is 0.0258. The fourth-order valence-electron chi connectivity index (χ4n) is 4.39. The number of benzene rings is 2. The Morgan fingerprint density at radius 2 is 1.86 bits per heavy atom. The predicted molar refractivity (Wildman–Crippen MR) is 116 cm³/mol. The minimum absolute atomic E-state index is 0.219. The number of rotatable bonds is 1. The summed E-state index contributed by atoms with van der Waals surface area (Å²) in [6.07, 6.45) is 3.54. The average molecular weight is 394 g/mol. The zero-order chi connectivity index (χ0) is 20.6. The van der Waals surface area contributed by atoms with Crippen LogP contribution in [0.3, 0.4) is 0 Å². The van der Waals surface area contributed by atoms with E-state index in [0.717, 1.165) is 38.0 Å². The normalized spacial score (nSPS) is 16.3. The number of nitrogens with zero attached hydrogens (tertiary/aromatic N) is 1. The number of ether oxygens (including phenoxy) is 2. The molecule has 0 bridgehead atoms. The van der Waals surface area contributed by atoms with Crippen LogP contribution in [0.5, 0.6) is 5.75 Å². The molecule has 29 heavy (non-hydrogen) atoms. The summed E-state index contributed by atoms with van der Waals surface area (Å²) in [5.74, 6) is 1.03. The summed E-state index contributed by atoms with van der Waals surface area (Å²) in [6.45, 7) is 10.0. The van der Waals surface area contributed by atoms with Crippen LogP contribution in [-0.2, 0) is 24.0 Å². The molecule has 4 nitrogen and oxygen atoms in total. The number of amides is 1. The summed E-state index contributed by atoms with van der Waals surface area (Å²) < 4.78 is 11.7. The molecule has 0 saturated carbocycles. The summed E-state index contributed by atoms with van der Waals surface area (Å²) in [5, 5.41) is 0. The van der Waals surface area contributed by atoms with Crippen molar-refractivity contribution in [1.29, 1.82) is 0 Å². The van der Waals surface area contributed by atoms with Crippen LogP contribution in [0.1, 0.15) is 49.4 Å². The number of carbonyl (C=O) groups excluding carboxylic acids is 1. The third-order valence-corrected chi connectivity index (χ3v) is 5.66. The van der Waals surface area contributed by atoms with Crippen molar-refractivity contribution >= 4 is 6.09 Å². The second-order valence-electron chi connectivity index (χ2n) is 9.15. The van der Waals surface area contributed by atoms with Crippen LogP contribution in [0.25, 0.3) is 11.1 Å². The number of hydrogen-bond acceptors (Lipinski definition) is 3. The van der Waals surface area contributed by atoms with Gasteiger partial charge in [0.25, 0.3) is 0 Å². The standard InChI is InChI=1S/C25H31NO3/c1-17-7-5-8-19(15-17)23-20-11-13-26(24(27)29-25(2,3)4)12-10-18(20)16-22-21(23)9-6-14-28-22/h5,7-8,15-16H,6,9-14H2,1-4H3. The minimum atomic E-state index is -0.476. The molecule has 0 aromatic heterocycles. The van der Waals surface area contributed by atoms with Crippen LogP contribution in [0.15, 0.2) is 30.3 Å². The number of carbonyl (C=O) groups is 1. The second-order valence-corrected chi connectivity index (χ2v) is 9.15. The van der Waals surface area contributed by atoms with Gasteiger partial charge in [-0.2, -0.15) is 0 Å². The van der Waals surface area contributed by atoms with E-state index in [2.05, 4.69) is 37.3 Å². The van der Waals surface area contributed by atoms with E-state index >= 15 is 0 Å². The largest absolute Gasteiger partial charge is 0.493 e. The van der Waals surface area contributed by atoms with Gasteiger partial charge >= 0.3 is 6.09 Å². The summed E-state index contributed by atoms with van der Waals surface area (Å²) in [5.41, 5.74) is 7.36. The first-order valence-corrected chi connectivity index (χ1v) is 10.7. The van der Waals surface area contributed by atoms with E-state index in [4.69, 9.17) is 9.47 Å². The molecule has 0 fully saturated rings. The molecule has 2 heterocycles. The van der Waals surface area contributed by atoms with Gasteiger partial charge in [0.2, 0.25) is 0 Å². The van der Waals surface area contributed by atoms with Gasteiger partial charge in [0.15, 0.2) is 0 Å². The van der Waals surface area contributed by atoms with E-state index in [1.54, 1.807) is 0 Å². The minimum Gasteiger partial charge on any atom is -0.493 e. The maximum absolute atomic E-state index is 12.7. The van der Waals surface area contributed by atoms with E-state index in [-0.39, 0.29) is 6.09 Å². The van der Waals surface area contributed by atoms with Gasteiger partial charge in [0.1, 0.15) is 11.4 Å². The Kier molecular flexibility index (Phi) is 5.28. The van der Waals surface area contributed by atoms with Crippen molar-refractivity contribution in [2.75, 3.05) is 19.7 Å². The number of fused-ring (bicyclic) bond motifs is 2. The molecular weight excluding hydrogens is 362 g/mol. The van der Waals surface area contributed by atoms with Crippen LogP contribution in [0.4, 0.5) is 4.79 Å². The SMILES string of the molecule is Cc1cccc(-c2c3c(cc4c2CCCO4)CCN(C(=O)OC(C)(C)C)CC3)c1. The lowest BCUT2D eigenvalue weighted by Crippen LogP contribution is -2.38. The highest BCUT2D eigenvalue weighted by molar-refractivity contribution is 5.77. The van der Waals surface area contributed by atoms with Crippen molar-refractivity contribution in [3.05, 3.63) is 52.6 Å². The molecule has 2 aromatic carbocycles. The van der Waals surface area contributed by atoms with Gasteiger partial charge in [0.05, 0.1) is 6.61 Å². The van der Waals surface area contributed by atoms with Gasteiger partial charge in [-0.25, -0.2) is 4.79 Å². The van der Waals surface area contributed by atoms with E-state index < -0.39 is 5.60 Å². The van der Waals surface area contributed by atoms with Gasteiger partial charge in [-0.15, -0.1) is 0 Å². The highest BCUT2D eigenvalue weighted by Gasteiger charge is 2.28. The van der Waals surface area contributed by atoms with Crippen molar-refractivity contribution < 1.29 is 14.3 Å². The van der Waals surface area contributed by atoms with Crippen LogP contribution in [0.2, 0.25) is 0 Å². The van der Waals surface area contributed by atoms with Crippen molar-refractivity contribution in [3.8, 4) is 16.9 Å². The zero-order valence-electron chi connectivity index (χ0n) is 18.0. The molecule has 0 spiro atoms. The summed E-state index contributed by atoms with van der Waals surface area (Å²) in [7, 11) is 0. The molecule has 0 atom stereocenters. The van der Waals surface area contributed by atoms with E-state index in [1.807, 2.05) is 25.7 Å². The third-order valence-electron chi connectivity index (χ3n) is 5.66. The van der Waals surface area contributed by atoms with Gasteiger partial charge in [-0.1, -0.05) is 29.8 Å². The lowest BCUT2D eigenvalue weighted by atomic mass is 9.85. The fraction of sp³-hybridized carbons (Fsp3) is 0.480. The molecule has 0 radical (unpaired) electrons. The first kappa shape index (κ1) is 19.8. The molecule has 0 saturated heterocycles. The van der Waals surface area contributed by atoms with Crippen LogP contribution in [0, 0.1) is 6.92 Å². The molecule has 0 aliphatic carbocycles. The Bertz CT molecular complexity index is 926. The van der Waals surface area contributed by atoms with Crippen LogP contribution in [-0.4, -0.2) is 36.3 Å². The van der Waals surface area contributed by atoms with Crippen molar-refractivity contribution in [3.63, 3.8) is 0 Å². The van der Waals surface area contributed by atoms with Crippen LogP contribution >= 0.6 is 0 Å². The first-order chi connectivity index (χ1) is 13.8. The van der Waals surface area contributed by atoms with Crippen LogP contribution < -0.4 is 4.74 Å². The predicted octanol–water partition coefficient (Wildman–Crippen LogP) is 5.32. The van der Waals surface area contributed by atoms with Crippen molar-refractivity contribution in [2.45, 2.75) is 59.0 Å². The quantitative estimate of drug-likeness (QED) is 0.658. The molecule has 2 aliphatic rings. The number of hydrogen-bond donors (Lipinski definition) is 0. The Morgan fingerprint density at radius 1 is 1.07 bits per heavy atom. The van der Waals surface area contributed by atoms with E-state index in [0.29, 0.717) is 13.1 Å². The molecule has 154 valence electrons. The van der Waals surface area contributed by atoms with Gasteiger partial charge in [-0.05, 0) is 81.7 Å². The monoisotopic (exact) mass is 393 g/mol. The molecule has 1 amide bonds. The summed E-state index contributed by atoms with van der Waals surface area (Å²) in [6, 6.07) is 11.0. The maximum Gasteiger partial charge on any atom is 0.410 e. The van der Waals surface area contributed by atoms with E-state index in [9.17, 15) is 4.79 Å². The molecule has 4 rings (SSSR count). The van der Waals surface area contributed by atoms with E-state index in [1.165, 1.54) is 33.4 Å². The summed E-state index contributed by atoms with van der Waals surface area (Å²) >= 11 is 0. The van der Waals surface area contributed by atoms with Crippen molar-refractivity contribution in [1.82, 2.24) is 4.90 Å². The number of aryl methyl sites for hydroxylation is 1. The Hall–Kier alpha value is -2.49. The first-order valence-electron chi connectivity index (χ1n) is 10.7. The Morgan fingerprint density at radius 3 is 2.62 bits per heavy atom. The molecule has 2 aliphatic heterocycles. The lowest BCUT2D eigenvalue weighted by Gasteiger charge is -2.26. The Labute approximate surface area is 173 Å². The highest BCUT2D eigenvalue weighted by atomic mass is 16.6. The molecule has 4 heteroatoms. The maximum atomic E-state index is 12.7. The average Bonchev–Trinajstić information content (AvgIpc) is 2.87. The molecule has 0 N–H and O–H groups in total. The van der Waals surface area contributed by atoms with Gasteiger partial charge in [0, 0.05) is 18.7 Å². The van der Waals surface area contributed by atoms with Gasteiger partial charge in [-0.3, -0.25) is 0 Å². The highest BCUT2D eigenvalue weighted by Crippen LogP contribution is 2.40. The molecule has 2 aromatic rings. The molecular formula is C25H31NO3. The molecule has 0 unspecified atom stereocenters. The Balaban J connectivity index is 1.73. The van der Waals surface area contributed by atoms with Crippen molar-refractivity contribution in [2.24, 2.45) is 0 Å². The summed E-state index contributed by atoms with van der Waals surface area (Å²) in [4.78, 5) is 14.5. The topological polar surface area (TPSA) is 38.8 Å². The third kappa shape index (κ3) is 4.26. The second kappa shape index (κ2) is 7.74. The zero-order valence-corrected chi connectivity index (χ0v) is 18.0. The van der Waals surface area contributed by atoms with Gasteiger partial charge < -0.3 is 14.4 Å². The fourth-order valence-corrected chi connectivity index (χ4v) is 4.39. The smallest absolute Gasteiger partial charge is 0.410 e.